The molecule has 0 N–H and O–H groups in total. The largest absolute Gasteiger partial charge is 0.430 e. The molecule has 0 radical (unpaired) electrons. The zero-order chi connectivity index (χ0) is 24.6. The summed E-state index contributed by atoms with van der Waals surface area (Å²) in [4.78, 5) is 0. The van der Waals surface area contributed by atoms with Gasteiger partial charge >= 0.3 is 6.11 Å². The molecule has 1 nitrogen and oxygen atoms in total. The molecular formula is C26H23F6OP. The van der Waals surface area contributed by atoms with E-state index >= 15 is 0 Å². The van der Waals surface area contributed by atoms with E-state index in [0.29, 0.717) is 17.0 Å². The maximum atomic E-state index is 14.8. The number of hydrogen-bond donors (Lipinski definition) is 0. The molecule has 1 fully saturated rings. The molecule has 1 aliphatic rings. The van der Waals surface area contributed by atoms with Crippen molar-refractivity contribution in [1.82, 2.24) is 0 Å². The van der Waals surface area contributed by atoms with E-state index in [4.69, 9.17) is 0 Å². The number of benzene rings is 3. The first-order valence-electron chi connectivity index (χ1n) is 11.0. The van der Waals surface area contributed by atoms with Gasteiger partial charge in [0.25, 0.3) is 0 Å². The Labute approximate surface area is 196 Å². The quantitative estimate of drug-likeness (QED) is 0.199. The van der Waals surface area contributed by atoms with E-state index in [1.807, 2.05) is 33.5 Å². The van der Waals surface area contributed by atoms with Crippen LogP contribution in [0.5, 0.6) is 5.75 Å². The van der Waals surface area contributed by atoms with Crippen LogP contribution >= 0.6 is 9.24 Å². The third-order valence-electron chi connectivity index (χ3n) is 6.35. The molecule has 34 heavy (non-hydrogen) atoms. The maximum absolute atomic E-state index is 14.8. The minimum absolute atomic E-state index is 0.187. The third kappa shape index (κ3) is 5.10. The Morgan fingerprint density at radius 3 is 1.94 bits per heavy atom. The molecule has 0 aliphatic heterocycles. The van der Waals surface area contributed by atoms with Crippen molar-refractivity contribution in [3.63, 3.8) is 0 Å². The SMILES string of the molecule is CC1CCC(c2ccc(-c3cc(F)c(C(F)(F)Oc4cc(F)c(F)c(F)c4)c(P)c3)cc2)CC1. The first-order chi connectivity index (χ1) is 16.0. The summed E-state index contributed by atoms with van der Waals surface area (Å²) < 4.78 is 88.5. The predicted molar refractivity (Wildman–Crippen MR) is 122 cm³/mol. The first-order valence-corrected chi connectivity index (χ1v) is 11.5. The molecular weight excluding hydrogens is 473 g/mol. The number of ether oxygens (including phenoxy) is 1. The molecule has 4 rings (SSSR count). The van der Waals surface area contributed by atoms with Crippen molar-refractivity contribution in [2.24, 2.45) is 5.92 Å². The van der Waals surface area contributed by atoms with Crippen molar-refractivity contribution in [1.29, 1.82) is 0 Å². The lowest BCUT2D eigenvalue weighted by atomic mass is 9.79. The Balaban J connectivity index is 1.58. The van der Waals surface area contributed by atoms with Crippen LogP contribution < -0.4 is 10.0 Å². The van der Waals surface area contributed by atoms with Gasteiger partial charge in [-0.3, -0.25) is 0 Å². The highest BCUT2D eigenvalue weighted by atomic mass is 31.0. The van der Waals surface area contributed by atoms with Gasteiger partial charge < -0.3 is 4.74 Å². The standard InChI is InChI=1S/C26H23F6OP/c1-14-2-4-15(5-3-14)16-6-8-17(9-7-16)18-10-20(27)24(23(34)11-18)26(31,32)33-19-12-21(28)25(30)22(29)13-19/h6-15H,2-5,34H2,1H3. The molecule has 3 aromatic carbocycles. The van der Waals surface area contributed by atoms with Gasteiger partial charge in [0.15, 0.2) is 17.5 Å². The molecule has 1 unspecified atom stereocenters. The fourth-order valence-corrected chi connectivity index (χ4v) is 4.92. The lowest BCUT2D eigenvalue weighted by Gasteiger charge is -2.26. The average molecular weight is 496 g/mol. The highest BCUT2D eigenvalue weighted by molar-refractivity contribution is 7.27. The molecule has 0 aromatic heterocycles. The number of halogens is 6. The van der Waals surface area contributed by atoms with E-state index in [2.05, 4.69) is 11.7 Å². The summed E-state index contributed by atoms with van der Waals surface area (Å²) in [7, 11) is 2.03. The van der Waals surface area contributed by atoms with E-state index in [1.54, 1.807) is 0 Å². The monoisotopic (exact) mass is 496 g/mol. The Kier molecular flexibility index (Phi) is 6.95. The second-order valence-electron chi connectivity index (χ2n) is 8.82. The highest BCUT2D eigenvalue weighted by Gasteiger charge is 2.40. The molecule has 180 valence electrons. The van der Waals surface area contributed by atoms with Crippen molar-refractivity contribution in [2.75, 3.05) is 0 Å². The van der Waals surface area contributed by atoms with Gasteiger partial charge in [0.05, 0.1) is 0 Å². The summed E-state index contributed by atoms with van der Waals surface area (Å²) in [6.45, 7) is 2.25. The Morgan fingerprint density at radius 2 is 1.38 bits per heavy atom. The molecule has 0 saturated heterocycles. The van der Waals surface area contributed by atoms with Crippen LogP contribution in [0.2, 0.25) is 0 Å². The Morgan fingerprint density at radius 1 is 0.794 bits per heavy atom. The van der Waals surface area contributed by atoms with Gasteiger partial charge in [-0.05, 0) is 58.8 Å². The van der Waals surface area contributed by atoms with E-state index in [1.165, 1.54) is 24.5 Å². The second-order valence-corrected chi connectivity index (χ2v) is 9.44. The molecule has 0 bridgehead atoms. The van der Waals surface area contributed by atoms with Gasteiger partial charge in [-0.15, -0.1) is 9.24 Å². The fourth-order valence-electron chi connectivity index (χ4n) is 4.43. The van der Waals surface area contributed by atoms with E-state index in [9.17, 15) is 26.3 Å². The molecule has 8 heteroatoms. The lowest BCUT2D eigenvalue weighted by Crippen LogP contribution is -2.29. The number of hydrogen-bond acceptors (Lipinski definition) is 1. The van der Waals surface area contributed by atoms with Crippen LogP contribution in [0.4, 0.5) is 26.3 Å². The number of rotatable bonds is 5. The van der Waals surface area contributed by atoms with Crippen LogP contribution in [0.15, 0.2) is 48.5 Å². The second kappa shape index (κ2) is 9.61. The van der Waals surface area contributed by atoms with Crippen LogP contribution in [0.25, 0.3) is 11.1 Å². The summed E-state index contributed by atoms with van der Waals surface area (Å²) in [6, 6.07) is 10.5. The summed E-state index contributed by atoms with van der Waals surface area (Å²) in [5.41, 5.74) is 1.16. The normalized spacial score (nSPS) is 18.7. The summed E-state index contributed by atoms with van der Waals surface area (Å²) in [5.74, 6) is -6.21. The van der Waals surface area contributed by atoms with E-state index in [0.717, 1.165) is 24.8 Å². The van der Waals surface area contributed by atoms with E-state index < -0.39 is 40.7 Å². The third-order valence-corrected chi connectivity index (χ3v) is 6.80. The Bertz CT molecular complexity index is 1140. The van der Waals surface area contributed by atoms with Gasteiger partial charge in [0.1, 0.15) is 17.1 Å². The lowest BCUT2D eigenvalue weighted by molar-refractivity contribution is -0.186. The first kappa shape index (κ1) is 24.6. The van der Waals surface area contributed by atoms with Crippen LogP contribution in [0, 0.1) is 29.2 Å². The summed E-state index contributed by atoms with van der Waals surface area (Å²) >= 11 is 0. The summed E-state index contributed by atoms with van der Waals surface area (Å²) in [5, 5.41) is -0.187. The van der Waals surface area contributed by atoms with Crippen LogP contribution in [0.1, 0.15) is 49.7 Å². The predicted octanol–water partition coefficient (Wildman–Crippen LogP) is 7.83. The fraction of sp³-hybridized carbons (Fsp3) is 0.308. The summed E-state index contributed by atoms with van der Waals surface area (Å²) in [6.07, 6.45) is 0.345. The molecule has 0 spiro atoms. The minimum Gasteiger partial charge on any atom is -0.429 e. The Hall–Kier alpha value is -2.53. The van der Waals surface area contributed by atoms with Crippen molar-refractivity contribution in [3.8, 4) is 16.9 Å². The van der Waals surface area contributed by atoms with Crippen molar-refractivity contribution in [3.05, 3.63) is 82.9 Å². The molecule has 1 aliphatic carbocycles. The molecule has 1 saturated carbocycles. The van der Waals surface area contributed by atoms with Gasteiger partial charge in [-0.1, -0.05) is 44.0 Å². The highest BCUT2D eigenvalue weighted by Crippen LogP contribution is 2.38. The molecule has 0 amide bonds. The van der Waals surface area contributed by atoms with E-state index in [-0.39, 0.29) is 17.4 Å². The number of alkyl halides is 2. The van der Waals surface area contributed by atoms with Crippen LogP contribution in [0.3, 0.4) is 0 Å². The van der Waals surface area contributed by atoms with Gasteiger partial charge in [-0.2, -0.15) is 8.78 Å². The molecule has 1 atom stereocenters. The average Bonchev–Trinajstić information content (AvgIpc) is 2.77. The van der Waals surface area contributed by atoms with Crippen molar-refractivity contribution >= 4 is 14.5 Å². The zero-order valence-electron chi connectivity index (χ0n) is 18.4. The van der Waals surface area contributed by atoms with Crippen molar-refractivity contribution < 1.29 is 31.1 Å². The van der Waals surface area contributed by atoms with Crippen molar-refractivity contribution in [2.45, 2.75) is 44.6 Å². The topological polar surface area (TPSA) is 9.23 Å². The maximum Gasteiger partial charge on any atom is 0.430 e. The van der Waals surface area contributed by atoms with Gasteiger partial charge in [0.2, 0.25) is 0 Å². The molecule has 0 heterocycles. The van der Waals surface area contributed by atoms with Crippen LogP contribution in [-0.4, -0.2) is 0 Å². The van der Waals surface area contributed by atoms with Gasteiger partial charge in [-0.25, -0.2) is 17.6 Å². The minimum atomic E-state index is -4.27. The zero-order valence-corrected chi connectivity index (χ0v) is 19.5. The molecule has 3 aromatic rings. The smallest absolute Gasteiger partial charge is 0.429 e. The van der Waals surface area contributed by atoms with Gasteiger partial charge in [0, 0.05) is 12.1 Å². The van der Waals surface area contributed by atoms with Crippen LogP contribution in [-0.2, 0) is 6.11 Å².